The van der Waals surface area contributed by atoms with Crippen LogP contribution in [-0.2, 0) is 11.3 Å². The van der Waals surface area contributed by atoms with Gasteiger partial charge in [-0.15, -0.1) is 12.4 Å². The van der Waals surface area contributed by atoms with E-state index in [1.165, 1.54) is 12.8 Å². The average molecular weight is 376 g/mol. The van der Waals surface area contributed by atoms with Crippen LogP contribution >= 0.6 is 28.3 Å². The number of nitrogens with one attached hydrogen (secondary N) is 2. The molecule has 1 aliphatic rings. The van der Waals surface area contributed by atoms with Crippen LogP contribution in [0.2, 0.25) is 0 Å². The van der Waals surface area contributed by atoms with E-state index in [0.717, 1.165) is 23.1 Å². The van der Waals surface area contributed by atoms with E-state index in [-0.39, 0.29) is 18.3 Å². The van der Waals surface area contributed by atoms with Crippen LogP contribution in [0.25, 0.3) is 0 Å². The molecule has 0 aliphatic carbocycles. The molecule has 0 radical (unpaired) electrons. The van der Waals surface area contributed by atoms with Crippen LogP contribution in [0.1, 0.15) is 31.7 Å². The molecular formula is C16H24BrClN2O. The van der Waals surface area contributed by atoms with Gasteiger partial charge in [-0.2, -0.15) is 0 Å². The molecule has 1 aliphatic heterocycles. The van der Waals surface area contributed by atoms with Gasteiger partial charge in [0, 0.05) is 17.4 Å². The zero-order valence-electron chi connectivity index (χ0n) is 12.4. The molecule has 1 heterocycles. The number of carbonyl (C=O) groups excluding carboxylic acids is 1. The minimum absolute atomic E-state index is 0. The summed E-state index contributed by atoms with van der Waals surface area (Å²) in [6.07, 6.45) is 3.03. The maximum atomic E-state index is 12.0. The van der Waals surface area contributed by atoms with Gasteiger partial charge in [-0.3, -0.25) is 4.79 Å². The topological polar surface area (TPSA) is 41.1 Å². The lowest BCUT2D eigenvalue weighted by molar-refractivity contribution is -0.122. The van der Waals surface area contributed by atoms with Crippen molar-refractivity contribution in [3.05, 3.63) is 34.3 Å². The van der Waals surface area contributed by atoms with Crippen molar-refractivity contribution < 1.29 is 4.79 Å². The van der Waals surface area contributed by atoms with Gasteiger partial charge in [0.15, 0.2) is 0 Å². The first-order chi connectivity index (χ1) is 9.65. The van der Waals surface area contributed by atoms with Gasteiger partial charge >= 0.3 is 0 Å². The molecule has 1 aromatic rings. The number of amides is 1. The first-order valence-corrected chi connectivity index (χ1v) is 8.16. The van der Waals surface area contributed by atoms with E-state index in [1.54, 1.807) is 0 Å². The molecule has 21 heavy (non-hydrogen) atoms. The van der Waals surface area contributed by atoms with Gasteiger partial charge in [0.2, 0.25) is 5.91 Å². The molecule has 3 nitrogen and oxygen atoms in total. The lowest BCUT2D eigenvalue weighted by Gasteiger charge is -2.27. The van der Waals surface area contributed by atoms with Crippen molar-refractivity contribution in [2.75, 3.05) is 13.1 Å². The lowest BCUT2D eigenvalue weighted by Crippen LogP contribution is -2.33. The van der Waals surface area contributed by atoms with Crippen LogP contribution < -0.4 is 10.6 Å². The highest BCUT2D eigenvalue weighted by atomic mass is 79.9. The molecule has 0 bridgehead atoms. The number of rotatable bonds is 5. The molecule has 5 heteroatoms. The quantitative estimate of drug-likeness (QED) is 0.827. The third-order valence-corrected chi connectivity index (χ3v) is 4.63. The molecule has 2 rings (SSSR count). The third-order valence-electron chi connectivity index (χ3n) is 4.10. The molecule has 118 valence electrons. The molecular weight excluding hydrogens is 352 g/mol. The Balaban J connectivity index is 0.00000220. The first kappa shape index (κ1) is 18.5. The molecule has 1 unspecified atom stereocenters. The smallest absolute Gasteiger partial charge is 0.220 e. The predicted molar refractivity (Wildman–Crippen MR) is 92.6 cm³/mol. The van der Waals surface area contributed by atoms with Crippen LogP contribution in [0.4, 0.5) is 0 Å². The van der Waals surface area contributed by atoms with Crippen LogP contribution in [0, 0.1) is 11.8 Å². The standard InChI is InChI=1S/C16H23BrN2O.ClH/c1-12(14-6-8-18-9-7-14)10-16(20)19-11-13-2-4-15(17)5-3-13;/h2-5,12,14,18H,6-11H2,1H3,(H,19,20);1H. The maximum absolute atomic E-state index is 12.0. The minimum atomic E-state index is 0. The summed E-state index contributed by atoms with van der Waals surface area (Å²) in [7, 11) is 0. The van der Waals surface area contributed by atoms with Crippen molar-refractivity contribution in [3.8, 4) is 0 Å². The van der Waals surface area contributed by atoms with E-state index in [4.69, 9.17) is 0 Å². The number of hydrogen-bond donors (Lipinski definition) is 2. The SMILES string of the molecule is CC(CC(=O)NCc1ccc(Br)cc1)C1CCNCC1.Cl. The molecule has 0 saturated carbocycles. The molecule has 2 N–H and O–H groups in total. The Bertz CT molecular complexity index is 432. The third kappa shape index (κ3) is 6.37. The van der Waals surface area contributed by atoms with Crippen molar-refractivity contribution in [1.29, 1.82) is 0 Å². The second-order valence-electron chi connectivity index (χ2n) is 5.67. The number of hydrogen-bond acceptors (Lipinski definition) is 2. The average Bonchev–Trinajstić information content (AvgIpc) is 2.47. The normalized spacial score (nSPS) is 16.9. The van der Waals surface area contributed by atoms with Gasteiger partial charge < -0.3 is 10.6 Å². The number of benzene rings is 1. The monoisotopic (exact) mass is 374 g/mol. The Labute approximate surface area is 141 Å². The largest absolute Gasteiger partial charge is 0.352 e. The van der Waals surface area contributed by atoms with Crippen LogP contribution in [0.3, 0.4) is 0 Å². The van der Waals surface area contributed by atoms with Crippen molar-refractivity contribution in [1.82, 2.24) is 10.6 Å². The Morgan fingerprint density at radius 3 is 2.57 bits per heavy atom. The van der Waals surface area contributed by atoms with Crippen molar-refractivity contribution in [2.24, 2.45) is 11.8 Å². The van der Waals surface area contributed by atoms with Gasteiger partial charge in [0.1, 0.15) is 0 Å². The van der Waals surface area contributed by atoms with E-state index >= 15 is 0 Å². The van der Waals surface area contributed by atoms with E-state index < -0.39 is 0 Å². The maximum Gasteiger partial charge on any atom is 0.220 e. The molecule has 0 aromatic heterocycles. The highest BCUT2D eigenvalue weighted by Gasteiger charge is 2.21. The summed E-state index contributed by atoms with van der Waals surface area (Å²) in [6, 6.07) is 8.06. The fourth-order valence-electron chi connectivity index (χ4n) is 2.75. The van der Waals surface area contributed by atoms with Crippen LogP contribution in [-0.4, -0.2) is 19.0 Å². The number of halogens is 2. The van der Waals surface area contributed by atoms with E-state index in [0.29, 0.717) is 24.8 Å². The minimum Gasteiger partial charge on any atom is -0.352 e. The first-order valence-electron chi connectivity index (χ1n) is 7.37. The summed E-state index contributed by atoms with van der Waals surface area (Å²) in [5.74, 6) is 1.33. The van der Waals surface area contributed by atoms with Crippen LogP contribution in [0.15, 0.2) is 28.7 Å². The highest BCUT2D eigenvalue weighted by molar-refractivity contribution is 9.10. The summed E-state index contributed by atoms with van der Waals surface area (Å²) in [6.45, 7) is 5.01. The Kier molecular flexibility index (Phi) is 8.30. The summed E-state index contributed by atoms with van der Waals surface area (Å²) in [5.41, 5.74) is 1.14. The zero-order chi connectivity index (χ0) is 14.4. The number of piperidine rings is 1. The predicted octanol–water partition coefficient (Wildman–Crippen LogP) is 3.51. The van der Waals surface area contributed by atoms with E-state index in [1.807, 2.05) is 24.3 Å². The highest BCUT2D eigenvalue weighted by Crippen LogP contribution is 2.24. The number of carbonyl (C=O) groups is 1. The second kappa shape index (κ2) is 9.44. The Hall–Kier alpha value is -0.580. The summed E-state index contributed by atoms with van der Waals surface area (Å²) < 4.78 is 1.06. The second-order valence-corrected chi connectivity index (χ2v) is 6.59. The Morgan fingerprint density at radius 1 is 1.33 bits per heavy atom. The fraction of sp³-hybridized carbons (Fsp3) is 0.562. The van der Waals surface area contributed by atoms with Crippen molar-refractivity contribution in [3.63, 3.8) is 0 Å². The molecule has 1 atom stereocenters. The lowest BCUT2D eigenvalue weighted by atomic mass is 9.84. The summed E-state index contributed by atoms with van der Waals surface area (Å²) >= 11 is 3.41. The van der Waals surface area contributed by atoms with Crippen LogP contribution in [0.5, 0.6) is 0 Å². The zero-order valence-corrected chi connectivity index (χ0v) is 14.8. The Morgan fingerprint density at radius 2 is 1.95 bits per heavy atom. The molecule has 1 aromatic carbocycles. The van der Waals surface area contributed by atoms with E-state index in [9.17, 15) is 4.79 Å². The van der Waals surface area contributed by atoms with Crippen molar-refractivity contribution >= 4 is 34.2 Å². The molecule has 1 amide bonds. The molecule has 1 saturated heterocycles. The van der Waals surface area contributed by atoms with Gasteiger partial charge in [-0.05, 0) is 55.5 Å². The van der Waals surface area contributed by atoms with E-state index in [2.05, 4.69) is 33.5 Å². The van der Waals surface area contributed by atoms with Gasteiger partial charge in [-0.1, -0.05) is 35.0 Å². The van der Waals surface area contributed by atoms with Gasteiger partial charge in [0.25, 0.3) is 0 Å². The van der Waals surface area contributed by atoms with Crippen molar-refractivity contribution in [2.45, 2.75) is 32.7 Å². The van der Waals surface area contributed by atoms with Gasteiger partial charge in [-0.25, -0.2) is 0 Å². The molecule has 1 fully saturated rings. The summed E-state index contributed by atoms with van der Waals surface area (Å²) in [4.78, 5) is 12.0. The fourth-order valence-corrected chi connectivity index (χ4v) is 3.01. The molecule has 0 spiro atoms. The van der Waals surface area contributed by atoms with Gasteiger partial charge in [0.05, 0.1) is 0 Å². The summed E-state index contributed by atoms with van der Waals surface area (Å²) in [5, 5.41) is 6.39.